The van der Waals surface area contributed by atoms with Gasteiger partial charge in [-0.25, -0.2) is 9.97 Å². The molecule has 3 heterocycles. The molecule has 4 rings (SSSR count). The average Bonchev–Trinajstić information content (AvgIpc) is 2.80. The van der Waals surface area contributed by atoms with Gasteiger partial charge in [0.05, 0.1) is 0 Å². The number of aromatic nitrogens is 3. The first-order chi connectivity index (χ1) is 14.4. The molecule has 0 aliphatic carbocycles. The van der Waals surface area contributed by atoms with E-state index in [4.69, 9.17) is 0 Å². The number of benzene rings is 1. The third-order valence-corrected chi connectivity index (χ3v) is 5.05. The van der Waals surface area contributed by atoms with Crippen molar-refractivity contribution in [3.05, 3.63) is 84.5 Å². The highest BCUT2D eigenvalue weighted by molar-refractivity contribution is 5.50. The predicted molar refractivity (Wildman–Crippen MR) is 118 cm³/mol. The number of rotatable bonds is 7. The summed E-state index contributed by atoms with van der Waals surface area (Å²) in [5.41, 5.74) is 2.43. The first kappa shape index (κ1) is 19.1. The Hall–Kier alpha value is -3.25. The lowest BCUT2D eigenvalue weighted by atomic mass is 10.2. The van der Waals surface area contributed by atoms with Crippen LogP contribution in [0.4, 0.5) is 11.6 Å². The van der Waals surface area contributed by atoms with Gasteiger partial charge in [0.15, 0.2) is 0 Å². The van der Waals surface area contributed by atoms with Crippen LogP contribution in [0.5, 0.6) is 0 Å². The maximum Gasteiger partial charge on any atom is 0.134 e. The molecule has 1 aliphatic heterocycles. The Bertz CT molecular complexity index is 905. The van der Waals surface area contributed by atoms with E-state index in [9.17, 15) is 0 Å². The number of piperazine rings is 1. The summed E-state index contributed by atoms with van der Waals surface area (Å²) in [7, 11) is 0. The van der Waals surface area contributed by atoms with Crippen molar-refractivity contribution in [2.24, 2.45) is 0 Å². The number of nitrogens with zero attached hydrogens (tertiary/aromatic N) is 5. The minimum absolute atomic E-state index is 0.723. The van der Waals surface area contributed by atoms with E-state index in [2.05, 4.69) is 66.5 Å². The van der Waals surface area contributed by atoms with Crippen molar-refractivity contribution in [1.82, 2.24) is 19.9 Å². The summed E-state index contributed by atoms with van der Waals surface area (Å²) in [5.74, 6) is 1.83. The molecule has 0 unspecified atom stereocenters. The second-order valence-corrected chi connectivity index (χ2v) is 7.07. The summed E-state index contributed by atoms with van der Waals surface area (Å²) in [4.78, 5) is 17.7. The Morgan fingerprint density at radius 1 is 0.931 bits per heavy atom. The van der Waals surface area contributed by atoms with Gasteiger partial charge in [-0.3, -0.25) is 9.88 Å². The van der Waals surface area contributed by atoms with E-state index in [-0.39, 0.29) is 0 Å². The maximum absolute atomic E-state index is 4.48. The van der Waals surface area contributed by atoms with Gasteiger partial charge in [0, 0.05) is 57.7 Å². The largest absolute Gasteiger partial charge is 0.366 e. The lowest BCUT2D eigenvalue weighted by Gasteiger charge is -2.34. The fourth-order valence-electron chi connectivity index (χ4n) is 3.37. The molecule has 29 heavy (non-hydrogen) atoms. The van der Waals surface area contributed by atoms with Crippen LogP contribution in [0, 0.1) is 0 Å². The molecule has 0 atom stereocenters. The zero-order chi connectivity index (χ0) is 19.7. The van der Waals surface area contributed by atoms with Crippen LogP contribution in [0.2, 0.25) is 0 Å². The van der Waals surface area contributed by atoms with Gasteiger partial charge in [-0.05, 0) is 23.3 Å². The van der Waals surface area contributed by atoms with Gasteiger partial charge in [0.1, 0.15) is 18.0 Å². The molecule has 0 spiro atoms. The summed E-state index contributed by atoms with van der Waals surface area (Å²) in [6, 6.07) is 16.5. The molecular formula is C23H26N6. The number of hydrogen-bond acceptors (Lipinski definition) is 6. The summed E-state index contributed by atoms with van der Waals surface area (Å²) < 4.78 is 0. The normalized spacial score (nSPS) is 15.0. The second kappa shape index (κ2) is 9.80. The van der Waals surface area contributed by atoms with Gasteiger partial charge in [0.2, 0.25) is 0 Å². The number of hydrogen-bond donors (Lipinski definition) is 1. The van der Waals surface area contributed by atoms with Gasteiger partial charge < -0.3 is 10.2 Å². The Labute approximate surface area is 171 Å². The summed E-state index contributed by atoms with van der Waals surface area (Å²) >= 11 is 0. The third-order valence-electron chi connectivity index (χ3n) is 5.05. The van der Waals surface area contributed by atoms with E-state index in [1.807, 2.05) is 24.3 Å². The lowest BCUT2D eigenvalue weighted by molar-refractivity contribution is 0.283. The minimum Gasteiger partial charge on any atom is -0.366 e. The van der Waals surface area contributed by atoms with Crippen LogP contribution in [-0.2, 0) is 6.54 Å². The van der Waals surface area contributed by atoms with Crippen LogP contribution in [0.3, 0.4) is 0 Å². The van der Waals surface area contributed by atoms with Gasteiger partial charge in [-0.1, -0.05) is 42.5 Å². The molecule has 1 fully saturated rings. The molecule has 0 saturated carbocycles. The second-order valence-electron chi connectivity index (χ2n) is 7.07. The van der Waals surface area contributed by atoms with Crippen LogP contribution < -0.4 is 10.2 Å². The van der Waals surface area contributed by atoms with Crippen LogP contribution in [0.25, 0.3) is 6.08 Å². The van der Waals surface area contributed by atoms with Gasteiger partial charge in [-0.15, -0.1) is 0 Å². The highest BCUT2D eigenvalue weighted by atomic mass is 15.3. The third kappa shape index (κ3) is 5.62. The van der Waals surface area contributed by atoms with E-state index >= 15 is 0 Å². The monoisotopic (exact) mass is 386 g/mol. The first-order valence-electron chi connectivity index (χ1n) is 10.0. The molecule has 0 amide bonds. The Balaban J connectivity index is 1.26. The topological polar surface area (TPSA) is 57.2 Å². The summed E-state index contributed by atoms with van der Waals surface area (Å²) in [5, 5.41) is 3.37. The summed E-state index contributed by atoms with van der Waals surface area (Å²) in [6.45, 7) is 5.71. The highest BCUT2D eigenvalue weighted by Gasteiger charge is 2.17. The van der Waals surface area contributed by atoms with Crippen molar-refractivity contribution in [2.45, 2.75) is 6.54 Å². The standard InChI is InChI=1S/C23H26N6/c1-2-5-20(6-3-1)7-4-12-28-13-15-29(16-14-28)23-17-22(26-19-27-23)25-18-21-8-10-24-11-9-21/h1-11,17,19H,12-16,18H2,(H,25,26,27)/b7-4+. The molecule has 3 aromatic rings. The average molecular weight is 387 g/mol. The first-order valence-corrected chi connectivity index (χ1v) is 10.0. The van der Waals surface area contributed by atoms with Crippen LogP contribution in [0.1, 0.15) is 11.1 Å². The van der Waals surface area contributed by atoms with Gasteiger partial charge >= 0.3 is 0 Å². The molecule has 1 N–H and O–H groups in total. The minimum atomic E-state index is 0.723. The Morgan fingerprint density at radius 2 is 1.72 bits per heavy atom. The van der Waals surface area contributed by atoms with Gasteiger partial charge in [-0.2, -0.15) is 0 Å². The fraction of sp³-hybridized carbons (Fsp3) is 0.261. The number of pyridine rings is 1. The van der Waals surface area contributed by atoms with Crippen LogP contribution in [0.15, 0.2) is 73.3 Å². The molecular weight excluding hydrogens is 360 g/mol. The number of nitrogens with one attached hydrogen (secondary N) is 1. The molecule has 148 valence electrons. The SMILES string of the molecule is C(=C\c1ccccc1)/CN1CCN(c2cc(NCc3ccncc3)ncn2)CC1. The molecule has 0 bridgehead atoms. The van der Waals surface area contributed by atoms with Crippen molar-refractivity contribution in [3.8, 4) is 0 Å². The molecule has 6 heteroatoms. The van der Waals surface area contributed by atoms with E-state index in [0.717, 1.165) is 50.9 Å². The van der Waals surface area contributed by atoms with Crippen molar-refractivity contribution in [1.29, 1.82) is 0 Å². The zero-order valence-electron chi connectivity index (χ0n) is 16.5. The molecule has 1 saturated heterocycles. The number of anilines is 2. The highest BCUT2D eigenvalue weighted by Crippen LogP contribution is 2.17. The molecule has 1 aromatic carbocycles. The smallest absolute Gasteiger partial charge is 0.134 e. The van der Waals surface area contributed by atoms with Crippen molar-refractivity contribution >= 4 is 17.7 Å². The van der Waals surface area contributed by atoms with Crippen molar-refractivity contribution < 1.29 is 0 Å². The summed E-state index contributed by atoms with van der Waals surface area (Å²) in [6.07, 6.45) is 9.68. The lowest BCUT2D eigenvalue weighted by Crippen LogP contribution is -2.46. The van der Waals surface area contributed by atoms with Crippen molar-refractivity contribution in [2.75, 3.05) is 42.9 Å². The quantitative estimate of drug-likeness (QED) is 0.672. The molecule has 6 nitrogen and oxygen atoms in total. The van der Waals surface area contributed by atoms with E-state index in [0.29, 0.717) is 0 Å². The molecule has 1 aliphatic rings. The van der Waals surface area contributed by atoms with E-state index in [1.54, 1.807) is 18.7 Å². The van der Waals surface area contributed by atoms with E-state index < -0.39 is 0 Å². The molecule has 2 aromatic heterocycles. The van der Waals surface area contributed by atoms with Crippen molar-refractivity contribution in [3.63, 3.8) is 0 Å². The van der Waals surface area contributed by atoms with Crippen LogP contribution in [-0.4, -0.2) is 52.6 Å². The maximum atomic E-state index is 4.48. The van der Waals surface area contributed by atoms with Crippen LogP contribution >= 0.6 is 0 Å². The molecule has 0 radical (unpaired) electrons. The van der Waals surface area contributed by atoms with Gasteiger partial charge in [0.25, 0.3) is 0 Å². The Kier molecular flexibility index (Phi) is 6.45. The fourth-order valence-corrected chi connectivity index (χ4v) is 3.37. The zero-order valence-corrected chi connectivity index (χ0v) is 16.5. The predicted octanol–water partition coefficient (Wildman–Crippen LogP) is 3.32. The van der Waals surface area contributed by atoms with E-state index in [1.165, 1.54) is 11.1 Å². The Morgan fingerprint density at radius 3 is 2.52 bits per heavy atom.